The zero-order valence-corrected chi connectivity index (χ0v) is 10.8. The Kier molecular flexibility index (Phi) is 4.15. The normalized spacial score (nSPS) is 23.4. The van der Waals surface area contributed by atoms with E-state index in [4.69, 9.17) is 0 Å². The minimum absolute atomic E-state index is 0.0513. The molecule has 1 heterocycles. The molecule has 1 amide bonds. The highest BCUT2D eigenvalue weighted by Crippen LogP contribution is 2.25. The van der Waals surface area contributed by atoms with Gasteiger partial charge in [-0.1, -0.05) is 36.9 Å². The van der Waals surface area contributed by atoms with Crippen LogP contribution in [0.4, 0.5) is 0 Å². The molecular weight excluding hydrogens is 224 g/mol. The van der Waals surface area contributed by atoms with Crippen LogP contribution in [0.15, 0.2) is 42.5 Å². The summed E-state index contributed by atoms with van der Waals surface area (Å²) in [5.74, 6) is 0.334. The molecule has 1 aromatic rings. The van der Waals surface area contributed by atoms with Gasteiger partial charge in [0, 0.05) is 24.1 Å². The van der Waals surface area contributed by atoms with E-state index in [9.17, 15) is 4.79 Å². The van der Waals surface area contributed by atoms with E-state index < -0.39 is 0 Å². The fourth-order valence-corrected chi connectivity index (χ4v) is 2.40. The molecule has 2 rings (SSSR count). The van der Waals surface area contributed by atoms with Crippen LogP contribution >= 0.6 is 0 Å². The van der Waals surface area contributed by atoms with Gasteiger partial charge in [0.2, 0.25) is 5.91 Å². The Morgan fingerprint density at radius 2 is 2.11 bits per heavy atom. The van der Waals surface area contributed by atoms with Gasteiger partial charge in [0.25, 0.3) is 0 Å². The molecule has 2 atom stereocenters. The molecule has 0 radical (unpaired) electrons. The van der Waals surface area contributed by atoms with Gasteiger partial charge in [-0.3, -0.25) is 4.79 Å². The monoisotopic (exact) mass is 244 g/mol. The van der Waals surface area contributed by atoms with Crippen LogP contribution in [0.3, 0.4) is 0 Å². The quantitative estimate of drug-likeness (QED) is 0.796. The SMILES string of the molecule is C=C(C)C(=O)NC1CNCCC1c1ccccc1. The van der Waals surface area contributed by atoms with Crippen LogP contribution in [0.25, 0.3) is 0 Å². The van der Waals surface area contributed by atoms with Crippen LogP contribution in [0.1, 0.15) is 24.8 Å². The first-order chi connectivity index (χ1) is 8.68. The third kappa shape index (κ3) is 2.99. The number of piperidine rings is 1. The lowest BCUT2D eigenvalue weighted by Crippen LogP contribution is -2.50. The summed E-state index contributed by atoms with van der Waals surface area (Å²) in [5.41, 5.74) is 1.86. The molecule has 0 bridgehead atoms. The van der Waals surface area contributed by atoms with Crippen LogP contribution in [0, 0.1) is 0 Å². The molecule has 1 aromatic carbocycles. The topological polar surface area (TPSA) is 41.1 Å². The Labute approximate surface area is 108 Å². The minimum Gasteiger partial charge on any atom is -0.348 e. The van der Waals surface area contributed by atoms with Crippen LogP contribution < -0.4 is 10.6 Å². The van der Waals surface area contributed by atoms with Crippen molar-refractivity contribution in [2.75, 3.05) is 13.1 Å². The summed E-state index contributed by atoms with van der Waals surface area (Å²) in [4.78, 5) is 11.7. The van der Waals surface area contributed by atoms with Gasteiger partial charge in [0.15, 0.2) is 0 Å². The summed E-state index contributed by atoms with van der Waals surface area (Å²) in [6.45, 7) is 7.24. The van der Waals surface area contributed by atoms with E-state index >= 15 is 0 Å². The molecule has 3 nitrogen and oxygen atoms in total. The number of amides is 1. The molecule has 0 spiro atoms. The van der Waals surface area contributed by atoms with E-state index in [1.54, 1.807) is 6.92 Å². The molecule has 1 fully saturated rings. The highest BCUT2D eigenvalue weighted by atomic mass is 16.1. The van der Waals surface area contributed by atoms with E-state index in [1.807, 2.05) is 6.07 Å². The van der Waals surface area contributed by atoms with Crippen molar-refractivity contribution in [1.82, 2.24) is 10.6 Å². The van der Waals surface area contributed by atoms with E-state index in [-0.39, 0.29) is 11.9 Å². The van der Waals surface area contributed by atoms with Crippen LogP contribution in [0.2, 0.25) is 0 Å². The first kappa shape index (κ1) is 12.8. The minimum atomic E-state index is -0.0513. The van der Waals surface area contributed by atoms with Crippen molar-refractivity contribution >= 4 is 5.91 Å². The Hall–Kier alpha value is -1.61. The molecule has 1 aliphatic rings. The second-order valence-electron chi connectivity index (χ2n) is 4.87. The summed E-state index contributed by atoms with van der Waals surface area (Å²) < 4.78 is 0. The number of carbonyl (C=O) groups is 1. The molecule has 18 heavy (non-hydrogen) atoms. The third-order valence-corrected chi connectivity index (χ3v) is 3.41. The third-order valence-electron chi connectivity index (χ3n) is 3.41. The van der Waals surface area contributed by atoms with Crippen LogP contribution in [-0.4, -0.2) is 25.0 Å². The maximum absolute atomic E-state index is 11.7. The summed E-state index contributed by atoms with van der Waals surface area (Å²) in [6, 6.07) is 10.5. The molecule has 3 heteroatoms. The van der Waals surface area contributed by atoms with Crippen molar-refractivity contribution in [2.24, 2.45) is 0 Å². The standard InChI is InChI=1S/C15H20N2O/c1-11(2)15(18)17-14-10-16-9-8-13(14)12-6-4-3-5-7-12/h3-7,13-14,16H,1,8-10H2,2H3,(H,17,18). The first-order valence-corrected chi connectivity index (χ1v) is 6.40. The van der Waals surface area contributed by atoms with Crippen molar-refractivity contribution in [2.45, 2.75) is 25.3 Å². The summed E-state index contributed by atoms with van der Waals surface area (Å²) >= 11 is 0. The lowest BCUT2D eigenvalue weighted by molar-refractivity contribution is -0.118. The van der Waals surface area contributed by atoms with Gasteiger partial charge in [0.05, 0.1) is 0 Å². The molecule has 0 aliphatic carbocycles. The first-order valence-electron chi connectivity index (χ1n) is 6.40. The van der Waals surface area contributed by atoms with Gasteiger partial charge in [-0.2, -0.15) is 0 Å². The zero-order chi connectivity index (χ0) is 13.0. The van der Waals surface area contributed by atoms with Crippen molar-refractivity contribution in [1.29, 1.82) is 0 Å². The predicted octanol–water partition coefficient (Wildman–Crippen LogP) is 1.82. The molecule has 96 valence electrons. The average molecular weight is 244 g/mol. The Morgan fingerprint density at radius 1 is 1.39 bits per heavy atom. The second kappa shape index (κ2) is 5.83. The molecule has 2 unspecified atom stereocenters. The molecule has 0 saturated carbocycles. The van der Waals surface area contributed by atoms with Gasteiger partial charge in [-0.05, 0) is 25.5 Å². The summed E-state index contributed by atoms with van der Waals surface area (Å²) in [7, 11) is 0. The van der Waals surface area contributed by atoms with Crippen molar-refractivity contribution in [3.8, 4) is 0 Å². The average Bonchev–Trinajstić information content (AvgIpc) is 2.40. The fraction of sp³-hybridized carbons (Fsp3) is 0.400. The molecule has 0 aromatic heterocycles. The van der Waals surface area contributed by atoms with E-state index in [2.05, 4.69) is 41.5 Å². The lowest BCUT2D eigenvalue weighted by Gasteiger charge is -2.33. The van der Waals surface area contributed by atoms with Crippen molar-refractivity contribution < 1.29 is 4.79 Å². The fourth-order valence-electron chi connectivity index (χ4n) is 2.40. The van der Waals surface area contributed by atoms with Crippen LogP contribution in [0.5, 0.6) is 0 Å². The van der Waals surface area contributed by atoms with E-state index in [0.717, 1.165) is 19.5 Å². The van der Waals surface area contributed by atoms with Crippen molar-refractivity contribution in [3.05, 3.63) is 48.0 Å². The highest BCUT2D eigenvalue weighted by molar-refractivity contribution is 5.92. The Balaban J connectivity index is 2.11. The Morgan fingerprint density at radius 3 is 2.78 bits per heavy atom. The Bertz CT molecular complexity index is 427. The van der Waals surface area contributed by atoms with Gasteiger partial charge in [0.1, 0.15) is 0 Å². The maximum Gasteiger partial charge on any atom is 0.246 e. The van der Waals surface area contributed by atoms with Crippen LogP contribution in [-0.2, 0) is 4.79 Å². The number of nitrogens with one attached hydrogen (secondary N) is 2. The molecule has 1 aliphatic heterocycles. The number of benzene rings is 1. The van der Waals surface area contributed by atoms with Gasteiger partial charge < -0.3 is 10.6 Å². The highest BCUT2D eigenvalue weighted by Gasteiger charge is 2.27. The van der Waals surface area contributed by atoms with E-state index in [0.29, 0.717) is 11.5 Å². The lowest BCUT2D eigenvalue weighted by atomic mass is 9.86. The smallest absolute Gasteiger partial charge is 0.246 e. The van der Waals surface area contributed by atoms with E-state index in [1.165, 1.54) is 5.56 Å². The predicted molar refractivity (Wildman–Crippen MR) is 73.4 cm³/mol. The maximum atomic E-state index is 11.7. The second-order valence-corrected chi connectivity index (χ2v) is 4.87. The molecule has 1 saturated heterocycles. The number of hydrogen-bond donors (Lipinski definition) is 2. The number of hydrogen-bond acceptors (Lipinski definition) is 2. The van der Waals surface area contributed by atoms with Gasteiger partial charge in [-0.15, -0.1) is 0 Å². The largest absolute Gasteiger partial charge is 0.348 e. The number of rotatable bonds is 3. The van der Waals surface area contributed by atoms with Gasteiger partial charge in [-0.25, -0.2) is 0 Å². The summed E-state index contributed by atoms with van der Waals surface area (Å²) in [5, 5.41) is 6.40. The zero-order valence-electron chi connectivity index (χ0n) is 10.8. The summed E-state index contributed by atoms with van der Waals surface area (Å²) in [6.07, 6.45) is 1.05. The number of carbonyl (C=O) groups excluding carboxylic acids is 1. The van der Waals surface area contributed by atoms with Gasteiger partial charge >= 0.3 is 0 Å². The molecule has 2 N–H and O–H groups in total. The van der Waals surface area contributed by atoms with Crippen molar-refractivity contribution in [3.63, 3.8) is 0 Å². The molecular formula is C15H20N2O.